The normalized spacial score (nSPS) is 11.2. The van der Waals surface area contributed by atoms with E-state index in [1.54, 1.807) is 24.5 Å². The van der Waals surface area contributed by atoms with E-state index in [-0.39, 0.29) is 10.6 Å². The van der Waals surface area contributed by atoms with Crippen molar-refractivity contribution in [3.8, 4) is 0 Å². The van der Waals surface area contributed by atoms with Crippen LogP contribution in [0.3, 0.4) is 0 Å². The Morgan fingerprint density at radius 2 is 1.90 bits per heavy atom. The van der Waals surface area contributed by atoms with Gasteiger partial charge < -0.3 is 11.1 Å². The molecule has 0 spiro atoms. The lowest BCUT2D eigenvalue weighted by Crippen LogP contribution is -2.09. The molecule has 3 N–H and O–H groups in total. The molecule has 1 aromatic carbocycles. The van der Waals surface area contributed by atoms with E-state index in [4.69, 9.17) is 5.73 Å². The van der Waals surface area contributed by atoms with Crippen molar-refractivity contribution in [3.63, 3.8) is 0 Å². The average Bonchev–Trinajstić information content (AvgIpc) is 2.40. The molecule has 0 radical (unpaired) electrons. The van der Waals surface area contributed by atoms with Crippen LogP contribution in [-0.2, 0) is 16.3 Å². The van der Waals surface area contributed by atoms with Crippen molar-refractivity contribution >= 4 is 21.2 Å². The van der Waals surface area contributed by atoms with E-state index in [1.165, 1.54) is 6.07 Å². The van der Waals surface area contributed by atoms with Crippen molar-refractivity contribution in [3.05, 3.63) is 48.3 Å². The van der Waals surface area contributed by atoms with Crippen LogP contribution in [0.25, 0.3) is 0 Å². The minimum Gasteiger partial charge on any atom is -0.396 e. The molecule has 0 fully saturated rings. The number of aromatic nitrogens is 1. The Morgan fingerprint density at radius 3 is 2.55 bits per heavy atom. The van der Waals surface area contributed by atoms with Crippen LogP contribution in [0.1, 0.15) is 5.56 Å². The highest BCUT2D eigenvalue weighted by Gasteiger charge is 2.13. The number of nitrogen functional groups attached to an aromatic ring is 1. The Hall–Kier alpha value is -2.08. The highest BCUT2D eigenvalue weighted by Crippen LogP contribution is 2.26. The summed E-state index contributed by atoms with van der Waals surface area (Å²) >= 11 is 0. The molecule has 0 aliphatic rings. The summed E-state index contributed by atoms with van der Waals surface area (Å²) in [5.74, 6) is 0. The number of benzene rings is 1. The molecule has 1 heterocycles. The molecule has 0 saturated heterocycles. The fraction of sp³-hybridized carbons (Fsp3) is 0.214. The van der Waals surface area contributed by atoms with Crippen LogP contribution in [0.4, 0.5) is 11.4 Å². The fourth-order valence-corrected chi connectivity index (χ4v) is 2.75. The minimum absolute atomic E-state index is 0.159. The number of nitrogens with one attached hydrogen (secondary N) is 1. The Morgan fingerprint density at radius 1 is 1.20 bits per heavy atom. The fourth-order valence-electron chi connectivity index (χ4n) is 1.91. The number of nitrogens with two attached hydrogens (primary N) is 1. The maximum Gasteiger partial charge on any atom is 0.177 e. The molecule has 0 amide bonds. The maximum atomic E-state index is 11.6. The largest absolute Gasteiger partial charge is 0.396 e. The lowest BCUT2D eigenvalue weighted by Gasteiger charge is -2.12. The molecular formula is C14H17N3O2S. The lowest BCUT2D eigenvalue weighted by atomic mass is 10.2. The number of anilines is 2. The standard InChI is InChI=1S/C14H17N3O2S/c1-20(18,19)13-4-2-3-12(14(13)15)17-10-7-11-5-8-16-9-6-11/h2-6,8-9,17H,7,10,15H2,1H3. The third kappa shape index (κ3) is 3.48. The topological polar surface area (TPSA) is 85.1 Å². The molecular weight excluding hydrogens is 274 g/mol. The van der Waals surface area contributed by atoms with Crippen LogP contribution in [0.5, 0.6) is 0 Å². The first-order valence-corrected chi connectivity index (χ1v) is 8.09. The number of pyridine rings is 1. The van der Waals surface area contributed by atoms with Gasteiger partial charge in [0.25, 0.3) is 0 Å². The predicted octanol–water partition coefficient (Wildman–Crippen LogP) is 1.72. The quantitative estimate of drug-likeness (QED) is 0.819. The van der Waals surface area contributed by atoms with Crippen LogP contribution >= 0.6 is 0 Å². The van der Waals surface area contributed by atoms with Gasteiger partial charge in [-0.15, -0.1) is 0 Å². The van der Waals surface area contributed by atoms with Crippen molar-refractivity contribution in [1.82, 2.24) is 4.98 Å². The smallest absolute Gasteiger partial charge is 0.177 e. The molecule has 20 heavy (non-hydrogen) atoms. The average molecular weight is 291 g/mol. The summed E-state index contributed by atoms with van der Waals surface area (Å²) in [5, 5.41) is 3.16. The Balaban J connectivity index is 2.07. The molecule has 0 aliphatic carbocycles. The zero-order chi connectivity index (χ0) is 14.6. The van der Waals surface area contributed by atoms with Gasteiger partial charge in [0.1, 0.15) is 0 Å². The molecule has 106 valence electrons. The molecule has 6 heteroatoms. The van der Waals surface area contributed by atoms with Gasteiger partial charge in [-0.1, -0.05) is 6.07 Å². The summed E-state index contributed by atoms with van der Waals surface area (Å²) in [5.41, 5.74) is 7.96. The van der Waals surface area contributed by atoms with Crippen molar-refractivity contribution in [1.29, 1.82) is 0 Å². The van der Waals surface area contributed by atoms with Gasteiger partial charge >= 0.3 is 0 Å². The number of para-hydroxylation sites is 1. The summed E-state index contributed by atoms with van der Waals surface area (Å²) < 4.78 is 23.2. The van der Waals surface area contributed by atoms with Crippen molar-refractivity contribution < 1.29 is 8.42 Å². The highest BCUT2D eigenvalue weighted by atomic mass is 32.2. The number of nitrogens with zero attached hydrogens (tertiary/aromatic N) is 1. The summed E-state index contributed by atoms with van der Waals surface area (Å²) in [6.07, 6.45) is 5.45. The molecule has 1 aromatic heterocycles. The van der Waals surface area contributed by atoms with Crippen LogP contribution in [-0.4, -0.2) is 26.2 Å². The minimum atomic E-state index is -3.31. The SMILES string of the molecule is CS(=O)(=O)c1cccc(NCCc2ccncc2)c1N. The van der Waals surface area contributed by atoms with Gasteiger partial charge in [0.2, 0.25) is 0 Å². The van der Waals surface area contributed by atoms with Crippen molar-refractivity contribution in [2.75, 3.05) is 23.9 Å². The van der Waals surface area contributed by atoms with Gasteiger partial charge in [0.15, 0.2) is 9.84 Å². The molecule has 0 saturated carbocycles. The number of rotatable bonds is 5. The van der Waals surface area contributed by atoms with E-state index < -0.39 is 9.84 Å². The van der Waals surface area contributed by atoms with Crippen LogP contribution in [0.15, 0.2) is 47.6 Å². The van der Waals surface area contributed by atoms with Gasteiger partial charge in [-0.2, -0.15) is 0 Å². The Labute approximate surface area is 118 Å². The van der Waals surface area contributed by atoms with E-state index in [0.717, 1.165) is 18.2 Å². The first kappa shape index (κ1) is 14.3. The van der Waals surface area contributed by atoms with E-state index >= 15 is 0 Å². The summed E-state index contributed by atoms with van der Waals surface area (Å²) in [4.78, 5) is 4.12. The number of hydrogen-bond acceptors (Lipinski definition) is 5. The third-order valence-electron chi connectivity index (χ3n) is 2.94. The zero-order valence-electron chi connectivity index (χ0n) is 11.2. The molecule has 5 nitrogen and oxygen atoms in total. The van der Waals surface area contributed by atoms with Crippen LogP contribution in [0.2, 0.25) is 0 Å². The Bertz CT molecular complexity index is 685. The molecule has 2 aromatic rings. The maximum absolute atomic E-state index is 11.6. The van der Waals surface area contributed by atoms with Gasteiger partial charge in [-0.3, -0.25) is 4.98 Å². The van der Waals surface area contributed by atoms with E-state index in [2.05, 4.69) is 10.3 Å². The monoisotopic (exact) mass is 291 g/mol. The van der Waals surface area contributed by atoms with E-state index in [9.17, 15) is 8.42 Å². The third-order valence-corrected chi connectivity index (χ3v) is 4.10. The Kier molecular flexibility index (Phi) is 4.24. The second-order valence-corrected chi connectivity index (χ2v) is 6.51. The van der Waals surface area contributed by atoms with E-state index in [1.807, 2.05) is 12.1 Å². The van der Waals surface area contributed by atoms with Crippen LogP contribution in [0, 0.1) is 0 Å². The van der Waals surface area contributed by atoms with Crippen molar-refractivity contribution in [2.45, 2.75) is 11.3 Å². The van der Waals surface area contributed by atoms with Gasteiger partial charge in [-0.25, -0.2) is 8.42 Å². The summed E-state index contributed by atoms with van der Waals surface area (Å²) in [6, 6.07) is 8.85. The molecule has 0 atom stereocenters. The highest BCUT2D eigenvalue weighted by molar-refractivity contribution is 7.90. The van der Waals surface area contributed by atoms with Gasteiger partial charge in [-0.05, 0) is 36.2 Å². The second-order valence-electron chi connectivity index (χ2n) is 4.52. The second kappa shape index (κ2) is 5.92. The molecule has 0 bridgehead atoms. The predicted molar refractivity (Wildman–Crippen MR) is 80.4 cm³/mol. The van der Waals surface area contributed by atoms with Crippen LogP contribution < -0.4 is 11.1 Å². The van der Waals surface area contributed by atoms with Gasteiger partial charge in [0.05, 0.1) is 16.3 Å². The molecule has 2 rings (SSSR count). The van der Waals surface area contributed by atoms with E-state index in [0.29, 0.717) is 12.2 Å². The summed E-state index contributed by atoms with van der Waals surface area (Å²) in [6.45, 7) is 0.668. The number of sulfone groups is 1. The van der Waals surface area contributed by atoms with Crippen molar-refractivity contribution in [2.24, 2.45) is 0 Å². The first-order valence-electron chi connectivity index (χ1n) is 6.20. The zero-order valence-corrected chi connectivity index (χ0v) is 12.0. The lowest BCUT2D eigenvalue weighted by molar-refractivity contribution is 0.602. The summed E-state index contributed by atoms with van der Waals surface area (Å²) in [7, 11) is -3.31. The molecule has 0 unspecified atom stereocenters. The van der Waals surface area contributed by atoms with Gasteiger partial charge in [0, 0.05) is 25.2 Å². The first-order chi connectivity index (χ1) is 9.48. The molecule has 0 aliphatic heterocycles. The number of hydrogen-bond donors (Lipinski definition) is 2.